The second-order valence-corrected chi connectivity index (χ2v) is 4.87. The standard InChI is InChI=1S/C2H6O8S2.Mg/c3-2(4,12(8,9)10)1-11(5,6)7;/h3-4H,1H2,(H,5,6,7)(H,8,9,10);/q;+2/p-2. The van der Waals surface area contributed by atoms with Gasteiger partial charge in [-0.05, 0) is 0 Å². The van der Waals surface area contributed by atoms with Crippen molar-refractivity contribution < 1.29 is 36.2 Å². The monoisotopic (exact) mass is 244 g/mol. The van der Waals surface area contributed by atoms with Gasteiger partial charge in [-0.25, -0.2) is 16.8 Å². The summed E-state index contributed by atoms with van der Waals surface area (Å²) in [4.78, 5) is 0. The fraction of sp³-hybridized carbons (Fsp3) is 1.00. The van der Waals surface area contributed by atoms with E-state index in [1.54, 1.807) is 0 Å². The maximum absolute atomic E-state index is 9.87. The second-order valence-electron chi connectivity index (χ2n) is 1.90. The molecular weight excluding hydrogens is 240 g/mol. The minimum absolute atomic E-state index is 0. The van der Waals surface area contributed by atoms with Gasteiger partial charge in [0.05, 0.1) is 0 Å². The molecule has 0 heterocycles. The molecule has 2 N–H and O–H groups in total. The molecule has 13 heavy (non-hydrogen) atoms. The van der Waals surface area contributed by atoms with Crippen LogP contribution in [0, 0.1) is 0 Å². The summed E-state index contributed by atoms with van der Waals surface area (Å²) in [6.07, 6.45) is 0. The van der Waals surface area contributed by atoms with Crippen LogP contribution in [0.2, 0.25) is 0 Å². The van der Waals surface area contributed by atoms with Crippen molar-refractivity contribution in [3.05, 3.63) is 0 Å². The van der Waals surface area contributed by atoms with Gasteiger partial charge in [-0.1, -0.05) is 0 Å². The normalized spacial score (nSPS) is 13.5. The summed E-state index contributed by atoms with van der Waals surface area (Å²) in [5.41, 5.74) is 0. The van der Waals surface area contributed by atoms with E-state index >= 15 is 0 Å². The summed E-state index contributed by atoms with van der Waals surface area (Å²) in [5, 5.41) is 12.5. The summed E-state index contributed by atoms with van der Waals surface area (Å²) in [6, 6.07) is 0. The van der Waals surface area contributed by atoms with Gasteiger partial charge < -0.3 is 19.3 Å². The average molecular weight is 244 g/mol. The Morgan fingerprint density at radius 3 is 1.46 bits per heavy atom. The topological polar surface area (TPSA) is 155 Å². The first-order chi connectivity index (χ1) is 4.96. The van der Waals surface area contributed by atoms with Crippen molar-refractivity contribution >= 4 is 43.3 Å². The Hall–Kier alpha value is 0.506. The third-order valence-electron chi connectivity index (χ3n) is 0.765. The van der Waals surface area contributed by atoms with Gasteiger partial charge in [0, 0.05) is 0 Å². The molecule has 0 unspecified atom stereocenters. The Balaban J connectivity index is 0. The molecule has 0 aliphatic carbocycles. The van der Waals surface area contributed by atoms with E-state index in [4.69, 9.17) is 10.2 Å². The third kappa shape index (κ3) is 5.74. The maximum atomic E-state index is 9.87. The van der Waals surface area contributed by atoms with E-state index in [2.05, 4.69) is 0 Å². The Bertz CT molecular complexity index is 350. The first-order valence-electron chi connectivity index (χ1n) is 2.29. The summed E-state index contributed by atoms with van der Waals surface area (Å²) in [5.74, 6) is -2.09. The van der Waals surface area contributed by atoms with Crippen LogP contribution in [-0.2, 0) is 20.2 Å². The molecule has 0 saturated carbocycles. The number of hydrogen-bond acceptors (Lipinski definition) is 8. The smallest absolute Gasteiger partial charge is 0.748 e. The largest absolute Gasteiger partial charge is 2.00 e. The predicted molar refractivity (Wildman–Crippen MR) is 37.2 cm³/mol. The van der Waals surface area contributed by atoms with Crippen LogP contribution in [0.4, 0.5) is 0 Å². The van der Waals surface area contributed by atoms with Gasteiger partial charge in [-0.15, -0.1) is 0 Å². The fourth-order valence-electron chi connectivity index (χ4n) is 0.302. The average Bonchev–Trinajstić information content (AvgIpc) is 1.52. The van der Waals surface area contributed by atoms with Crippen LogP contribution in [0.25, 0.3) is 0 Å². The number of rotatable bonds is 3. The van der Waals surface area contributed by atoms with Gasteiger partial charge in [0.25, 0.3) is 5.12 Å². The fourth-order valence-corrected chi connectivity index (χ4v) is 1.77. The molecule has 11 heteroatoms. The SMILES string of the molecule is O=S(=O)([O-])CC(O)(O)S(=O)(=O)[O-].[Mg+2]. The zero-order chi connectivity index (χ0) is 10.2. The van der Waals surface area contributed by atoms with E-state index in [1.165, 1.54) is 0 Å². The molecule has 0 radical (unpaired) electrons. The molecular formula is C2H4MgO8S2. The summed E-state index contributed by atoms with van der Waals surface area (Å²) in [6.45, 7) is 0. The molecule has 8 nitrogen and oxygen atoms in total. The third-order valence-corrected chi connectivity index (χ3v) is 2.65. The molecule has 0 aromatic carbocycles. The van der Waals surface area contributed by atoms with E-state index in [9.17, 15) is 25.9 Å². The van der Waals surface area contributed by atoms with Gasteiger partial charge >= 0.3 is 23.1 Å². The van der Waals surface area contributed by atoms with Gasteiger partial charge in [-0.3, -0.25) is 0 Å². The molecule has 0 spiro atoms. The van der Waals surface area contributed by atoms with Crippen molar-refractivity contribution in [2.45, 2.75) is 5.12 Å². The zero-order valence-corrected chi connectivity index (χ0v) is 9.12. The Kier molecular flexibility index (Phi) is 5.34. The number of aliphatic hydroxyl groups is 2. The molecule has 0 aromatic rings. The molecule has 74 valence electrons. The molecule has 0 amide bonds. The van der Waals surface area contributed by atoms with E-state index in [1.807, 2.05) is 0 Å². The first kappa shape index (κ1) is 16.0. The summed E-state index contributed by atoms with van der Waals surface area (Å²) in [7, 11) is -10.8. The van der Waals surface area contributed by atoms with Gasteiger partial charge in [0.15, 0.2) is 10.1 Å². The van der Waals surface area contributed by atoms with Crippen LogP contribution < -0.4 is 0 Å². The Labute approximate surface area is 90.2 Å². The van der Waals surface area contributed by atoms with Crippen LogP contribution in [0.3, 0.4) is 0 Å². The van der Waals surface area contributed by atoms with E-state index in [-0.39, 0.29) is 23.1 Å². The molecule has 0 rings (SSSR count). The minimum atomic E-state index is -5.65. The van der Waals surface area contributed by atoms with Gasteiger partial charge in [0.1, 0.15) is 15.9 Å². The summed E-state index contributed by atoms with van der Waals surface area (Å²) >= 11 is 0. The quantitative estimate of drug-likeness (QED) is 0.292. The summed E-state index contributed by atoms with van der Waals surface area (Å²) < 4.78 is 59.1. The Morgan fingerprint density at radius 2 is 1.38 bits per heavy atom. The zero-order valence-electron chi connectivity index (χ0n) is 6.07. The maximum Gasteiger partial charge on any atom is 2.00 e. The van der Waals surface area contributed by atoms with Crippen LogP contribution >= 0.6 is 0 Å². The van der Waals surface area contributed by atoms with Crippen LogP contribution in [-0.4, -0.2) is 70.1 Å². The number of hydrogen-bond donors (Lipinski definition) is 2. The molecule has 0 bridgehead atoms. The first-order valence-corrected chi connectivity index (χ1v) is 5.28. The van der Waals surface area contributed by atoms with Crippen molar-refractivity contribution in [1.82, 2.24) is 0 Å². The van der Waals surface area contributed by atoms with Gasteiger partial charge in [-0.2, -0.15) is 0 Å². The van der Waals surface area contributed by atoms with Crippen LogP contribution in [0.15, 0.2) is 0 Å². The predicted octanol–water partition coefficient (Wildman–Crippen LogP) is -3.67. The van der Waals surface area contributed by atoms with E-state index < -0.39 is 31.1 Å². The van der Waals surface area contributed by atoms with Gasteiger partial charge in [0.2, 0.25) is 0 Å². The van der Waals surface area contributed by atoms with Crippen LogP contribution in [0.1, 0.15) is 0 Å². The van der Waals surface area contributed by atoms with E-state index in [0.717, 1.165) is 0 Å². The van der Waals surface area contributed by atoms with Crippen molar-refractivity contribution in [3.8, 4) is 0 Å². The van der Waals surface area contributed by atoms with Crippen LogP contribution in [0.5, 0.6) is 0 Å². The van der Waals surface area contributed by atoms with Crippen molar-refractivity contribution in [2.75, 3.05) is 5.75 Å². The van der Waals surface area contributed by atoms with Crippen molar-refractivity contribution in [1.29, 1.82) is 0 Å². The molecule has 0 aromatic heterocycles. The molecule has 0 atom stereocenters. The van der Waals surface area contributed by atoms with Crippen molar-refractivity contribution in [2.24, 2.45) is 0 Å². The molecule has 0 aliphatic heterocycles. The molecule has 0 saturated heterocycles. The van der Waals surface area contributed by atoms with Crippen molar-refractivity contribution in [3.63, 3.8) is 0 Å². The molecule has 0 fully saturated rings. The Morgan fingerprint density at radius 1 is 1.08 bits per heavy atom. The second kappa shape index (κ2) is 4.35. The van der Waals surface area contributed by atoms with E-state index in [0.29, 0.717) is 0 Å². The molecule has 0 aliphatic rings. The minimum Gasteiger partial charge on any atom is -0.748 e.